The molecule has 6 aliphatic rings. The molecule has 0 bridgehead atoms. The standard InChI is InChI=1S/C45H63N3O4/c1-42(2)37-16-19-43(3)35-15-21-45(18-7-12-36(45)34(35)13-14-38(43)44(37,4)20-17-39(42)49)41(52)46-28-30-8-6-11-33(27-30)48-24-22-47(23-25-48)29-31-9-5-10-32(26-31)40(50)51/h5-6,8-11,26-27,34-39,49H,7,12-25,28-29H2,1-4H3,(H,46,52)(H,50,51). The van der Waals surface area contributed by atoms with Crippen LogP contribution < -0.4 is 10.2 Å². The Bertz CT molecular complexity index is 1670. The van der Waals surface area contributed by atoms with Crippen molar-refractivity contribution in [3.8, 4) is 0 Å². The summed E-state index contributed by atoms with van der Waals surface area (Å²) < 4.78 is 0. The number of piperazine rings is 1. The third kappa shape index (κ3) is 5.91. The van der Waals surface area contributed by atoms with Crippen LogP contribution in [0.25, 0.3) is 0 Å². The summed E-state index contributed by atoms with van der Waals surface area (Å²) in [5, 5.41) is 23.9. The number of fused-ring (bicyclic) bond motifs is 7. The average molecular weight is 710 g/mol. The van der Waals surface area contributed by atoms with Crippen LogP contribution in [0.1, 0.15) is 120 Å². The molecular formula is C45H63N3O4. The summed E-state index contributed by atoms with van der Waals surface area (Å²) >= 11 is 0. The summed E-state index contributed by atoms with van der Waals surface area (Å²) in [6.45, 7) is 15.0. The first-order chi connectivity index (χ1) is 24.8. The van der Waals surface area contributed by atoms with Gasteiger partial charge in [-0.25, -0.2) is 4.79 Å². The summed E-state index contributed by atoms with van der Waals surface area (Å²) in [6.07, 6.45) is 12.7. The van der Waals surface area contributed by atoms with E-state index in [1.165, 1.54) is 50.6 Å². The van der Waals surface area contributed by atoms with Crippen molar-refractivity contribution < 1.29 is 19.8 Å². The van der Waals surface area contributed by atoms with Crippen LogP contribution in [-0.2, 0) is 17.9 Å². The molecule has 1 amide bonds. The second-order valence-corrected chi connectivity index (χ2v) is 19.2. The van der Waals surface area contributed by atoms with E-state index in [2.05, 4.69) is 67.1 Å². The molecule has 2 aromatic carbocycles. The lowest BCUT2D eigenvalue weighted by Crippen LogP contribution is -2.63. The molecule has 8 rings (SSSR count). The first-order valence-corrected chi connectivity index (χ1v) is 20.7. The Kier molecular flexibility index (Phi) is 9.33. The number of carbonyl (C=O) groups excluding carboxylic acids is 1. The van der Waals surface area contributed by atoms with E-state index in [-0.39, 0.29) is 16.9 Å². The number of hydrogen-bond donors (Lipinski definition) is 3. The molecule has 5 saturated carbocycles. The number of aliphatic hydroxyl groups is 1. The highest BCUT2D eigenvalue weighted by Gasteiger charge is 2.67. The lowest BCUT2D eigenvalue weighted by atomic mass is 9.36. The molecule has 6 fully saturated rings. The molecule has 0 spiro atoms. The van der Waals surface area contributed by atoms with Gasteiger partial charge in [-0.05, 0) is 145 Å². The van der Waals surface area contributed by atoms with Gasteiger partial charge in [0.25, 0.3) is 0 Å². The lowest BCUT2D eigenvalue weighted by Gasteiger charge is -2.69. The molecule has 5 aliphatic carbocycles. The Labute approximate surface area is 311 Å². The maximum atomic E-state index is 14.4. The Morgan fingerprint density at radius 3 is 2.31 bits per heavy atom. The molecule has 9 atom stereocenters. The van der Waals surface area contributed by atoms with E-state index in [0.29, 0.717) is 46.6 Å². The molecule has 2 aromatic rings. The van der Waals surface area contributed by atoms with Crippen molar-refractivity contribution in [2.24, 2.45) is 51.2 Å². The van der Waals surface area contributed by atoms with Crippen molar-refractivity contribution in [3.63, 3.8) is 0 Å². The van der Waals surface area contributed by atoms with Crippen LogP contribution in [0.2, 0.25) is 0 Å². The first-order valence-electron chi connectivity index (χ1n) is 20.7. The number of carbonyl (C=O) groups is 2. The van der Waals surface area contributed by atoms with Gasteiger partial charge in [0.15, 0.2) is 0 Å². The fourth-order valence-corrected chi connectivity index (χ4v) is 14.0. The van der Waals surface area contributed by atoms with E-state index in [4.69, 9.17) is 0 Å². The Balaban J connectivity index is 0.896. The highest BCUT2D eigenvalue weighted by Crippen LogP contribution is 2.73. The number of carboxylic acid groups (broad SMARTS) is 1. The van der Waals surface area contributed by atoms with Gasteiger partial charge in [-0.1, -0.05) is 58.4 Å². The number of hydrogen-bond acceptors (Lipinski definition) is 5. The summed E-state index contributed by atoms with van der Waals surface area (Å²) in [5.74, 6) is 2.63. The summed E-state index contributed by atoms with van der Waals surface area (Å²) in [7, 11) is 0. The van der Waals surface area contributed by atoms with Gasteiger partial charge in [-0.15, -0.1) is 0 Å². The molecule has 52 heavy (non-hydrogen) atoms. The Morgan fingerprint density at radius 2 is 1.52 bits per heavy atom. The van der Waals surface area contributed by atoms with Crippen molar-refractivity contribution in [3.05, 3.63) is 65.2 Å². The van der Waals surface area contributed by atoms with Crippen LogP contribution in [0, 0.1) is 51.2 Å². The van der Waals surface area contributed by atoms with Crippen molar-refractivity contribution in [1.82, 2.24) is 10.2 Å². The van der Waals surface area contributed by atoms with Gasteiger partial charge in [-0.2, -0.15) is 0 Å². The van der Waals surface area contributed by atoms with Crippen molar-refractivity contribution >= 4 is 17.6 Å². The number of anilines is 1. The molecule has 7 nitrogen and oxygen atoms in total. The van der Waals surface area contributed by atoms with Crippen LogP contribution in [0.4, 0.5) is 5.69 Å². The zero-order chi connectivity index (χ0) is 36.5. The quantitative estimate of drug-likeness (QED) is 0.269. The second-order valence-electron chi connectivity index (χ2n) is 19.2. The van der Waals surface area contributed by atoms with E-state index in [0.717, 1.165) is 81.4 Å². The van der Waals surface area contributed by atoms with Gasteiger partial charge in [-0.3, -0.25) is 9.69 Å². The second kappa shape index (κ2) is 13.4. The van der Waals surface area contributed by atoms with Crippen molar-refractivity contribution in [2.75, 3.05) is 31.1 Å². The number of nitrogens with one attached hydrogen (secondary N) is 1. The van der Waals surface area contributed by atoms with E-state index < -0.39 is 5.97 Å². The third-order valence-electron chi connectivity index (χ3n) is 16.6. The van der Waals surface area contributed by atoms with Gasteiger partial charge < -0.3 is 20.4 Å². The van der Waals surface area contributed by atoms with Crippen molar-refractivity contribution in [2.45, 2.75) is 118 Å². The zero-order valence-electron chi connectivity index (χ0n) is 32.2. The molecule has 7 heteroatoms. The van der Waals surface area contributed by atoms with Gasteiger partial charge in [0.2, 0.25) is 5.91 Å². The van der Waals surface area contributed by atoms with Gasteiger partial charge in [0, 0.05) is 45.0 Å². The largest absolute Gasteiger partial charge is 0.478 e. The number of aromatic carboxylic acids is 1. The number of nitrogens with zero attached hydrogens (tertiary/aromatic N) is 2. The summed E-state index contributed by atoms with van der Waals surface area (Å²) in [5.41, 5.74) is 4.19. The first kappa shape index (κ1) is 36.1. The number of benzene rings is 2. The van der Waals surface area contributed by atoms with Gasteiger partial charge >= 0.3 is 5.97 Å². The normalized spacial score (nSPS) is 38.4. The highest BCUT2D eigenvalue weighted by molar-refractivity contribution is 5.87. The van der Waals surface area contributed by atoms with Crippen LogP contribution in [0.5, 0.6) is 0 Å². The van der Waals surface area contributed by atoms with Crippen LogP contribution >= 0.6 is 0 Å². The predicted octanol–water partition coefficient (Wildman–Crippen LogP) is 8.15. The monoisotopic (exact) mass is 709 g/mol. The number of rotatable bonds is 7. The third-order valence-corrected chi connectivity index (χ3v) is 16.6. The fraction of sp³-hybridized carbons (Fsp3) is 0.689. The van der Waals surface area contributed by atoms with Gasteiger partial charge in [0.05, 0.1) is 17.1 Å². The molecular weight excluding hydrogens is 647 g/mol. The minimum atomic E-state index is -0.882. The fourth-order valence-electron chi connectivity index (χ4n) is 14.0. The maximum absolute atomic E-state index is 14.4. The number of carboxylic acids is 1. The number of amides is 1. The molecule has 0 aromatic heterocycles. The Morgan fingerprint density at radius 1 is 0.769 bits per heavy atom. The van der Waals surface area contributed by atoms with Crippen LogP contribution in [0.15, 0.2) is 48.5 Å². The molecule has 282 valence electrons. The highest BCUT2D eigenvalue weighted by atomic mass is 16.4. The topological polar surface area (TPSA) is 93.1 Å². The van der Waals surface area contributed by atoms with E-state index >= 15 is 0 Å². The summed E-state index contributed by atoms with van der Waals surface area (Å²) in [6, 6.07) is 16.0. The SMILES string of the molecule is CC1(C)C(O)CCC2(C)C1CCC1(C)C3CCC4(C(=O)NCc5cccc(N6CCN(Cc7cccc(C(=O)O)c7)CC6)c5)CCCC4C3CCC12. The number of aliphatic hydroxyl groups excluding tert-OH is 1. The molecule has 3 N–H and O–H groups in total. The maximum Gasteiger partial charge on any atom is 0.335 e. The molecule has 9 unspecified atom stereocenters. The van der Waals surface area contributed by atoms with Crippen LogP contribution in [-0.4, -0.2) is 59.3 Å². The molecule has 1 saturated heterocycles. The van der Waals surface area contributed by atoms with E-state index in [9.17, 15) is 19.8 Å². The molecule has 1 heterocycles. The molecule has 1 aliphatic heterocycles. The predicted molar refractivity (Wildman–Crippen MR) is 206 cm³/mol. The average Bonchev–Trinajstić information content (AvgIpc) is 3.59. The van der Waals surface area contributed by atoms with Crippen molar-refractivity contribution in [1.29, 1.82) is 0 Å². The summed E-state index contributed by atoms with van der Waals surface area (Å²) in [4.78, 5) is 30.6. The Hall–Kier alpha value is -2.90. The minimum Gasteiger partial charge on any atom is -0.478 e. The lowest BCUT2D eigenvalue weighted by molar-refractivity contribution is -0.214. The van der Waals surface area contributed by atoms with Crippen LogP contribution in [0.3, 0.4) is 0 Å². The van der Waals surface area contributed by atoms with E-state index in [1.807, 2.05) is 12.1 Å². The zero-order valence-corrected chi connectivity index (χ0v) is 32.2. The smallest absolute Gasteiger partial charge is 0.335 e. The van der Waals surface area contributed by atoms with E-state index in [1.54, 1.807) is 12.1 Å². The van der Waals surface area contributed by atoms with Gasteiger partial charge in [0.1, 0.15) is 0 Å². The molecule has 0 radical (unpaired) electrons. The minimum absolute atomic E-state index is 0.00949.